The summed E-state index contributed by atoms with van der Waals surface area (Å²) in [5, 5.41) is 8.78. The fourth-order valence-corrected chi connectivity index (χ4v) is 2.03. The van der Waals surface area contributed by atoms with Gasteiger partial charge in [-0.25, -0.2) is 4.39 Å². The van der Waals surface area contributed by atoms with Crippen LogP contribution in [0.3, 0.4) is 0 Å². The van der Waals surface area contributed by atoms with Crippen molar-refractivity contribution in [3.8, 4) is 0 Å². The van der Waals surface area contributed by atoms with Crippen LogP contribution in [0.1, 0.15) is 19.4 Å². The number of benzene rings is 1. The molecular formula is C13H15BrFNO3. The summed E-state index contributed by atoms with van der Waals surface area (Å²) in [4.78, 5) is 24.1. The molecule has 0 heterocycles. The maximum Gasteiger partial charge on any atom is 0.323 e. The topological polar surface area (TPSA) is 57.6 Å². The Morgan fingerprint density at radius 3 is 2.58 bits per heavy atom. The predicted octanol–water partition coefficient (Wildman–Crippen LogP) is 2.45. The van der Waals surface area contributed by atoms with Crippen molar-refractivity contribution in [3.05, 3.63) is 34.1 Å². The molecule has 4 nitrogen and oxygen atoms in total. The first-order valence-corrected chi connectivity index (χ1v) is 6.55. The Morgan fingerprint density at radius 1 is 1.42 bits per heavy atom. The largest absolute Gasteiger partial charge is 0.480 e. The van der Waals surface area contributed by atoms with E-state index in [1.165, 1.54) is 23.1 Å². The Hall–Kier alpha value is -1.43. The number of carbonyl (C=O) groups is 2. The lowest BCUT2D eigenvalue weighted by atomic mass is 10.1. The SMILES string of the molecule is CC(C)N(CC(=O)O)C(=O)Cc1cc(F)ccc1Br. The van der Waals surface area contributed by atoms with E-state index >= 15 is 0 Å². The third-order valence-corrected chi connectivity index (χ3v) is 3.37. The highest BCUT2D eigenvalue weighted by molar-refractivity contribution is 9.10. The summed E-state index contributed by atoms with van der Waals surface area (Å²) in [5.74, 6) is -1.84. The molecule has 19 heavy (non-hydrogen) atoms. The van der Waals surface area contributed by atoms with Crippen LogP contribution in [0.4, 0.5) is 4.39 Å². The molecule has 0 atom stereocenters. The van der Waals surface area contributed by atoms with Crippen LogP contribution in [-0.4, -0.2) is 34.5 Å². The van der Waals surface area contributed by atoms with Gasteiger partial charge in [0.2, 0.25) is 5.91 Å². The lowest BCUT2D eigenvalue weighted by Crippen LogP contribution is -2.41. The zero-order valence-corrected chi connectivity index (χ0v) is 12.3. The standard InChI is InChI=1S/C13H15BrFNO3/c1-8(2)16(7-13(18)19)12(17)6-9-5-10(15)3-4-11(9)14/h3-5,8H,6-7H2,1-2H3,(H,18,19). The van der Waals surface area contributed by atoms with E-state index in [4.69, 9.17) is 5.11 Å². The fourth-order valence-electron chi connectivity index (χ4n) is 1.65. The zero-order valence-electron chi connectivity index (χ0n) is 10.7. The molecule has 104 valence electrons. The van der Waals surface area contributed by atoms with Gasteiger partial charge in [0.1, 0.15) is 12.4 Å². The number of hydrogen-bond acceptors (Lipinski definition) is 2. The normalized spacial score (nSPS) is 10.6. The Balaban J connectivity index is 2.87. The van der Waals surface area contributed by atoms with Crippen LogP contribution < -0.4 is 0 Å². The van der Waals surface area contributed by atoms with E-state index in [0.717, 1.165) is 0 Å². The van der Waals surface area contributed by atoms with E-state index in [1.54, 1.807) is 13.8 Å². The van der Waals surface area contributed by atoms with Gasteiger partial charge >= 0.3 is 5.97 Å². The molecule has 0 aliphatic carbocycles. The van der Waals surface area contributed by atoms with Crippen molar-refractivity contribution in [2.75, 3.05) is 6.54 Å². The van der Waals surface area contributed by atoms with Gasteiger partial charge in [-0.1, -0.05) is 15.9 Å². The monoisotopic (exact) mass is 331 g/mol. The van der Waals surface area contributed by atoms with Gasteiger partial charge in [-0.15, -0.1) is 0 Å². The Kier molecular flexibility index (Phi) is 5.47. The summed E-state index contributed by atoms with van der Waals surface area (Å²) < 4.78 is 13.8. The van der Waals surface area contributed by atoms with E-state index < -0.39 is 11.8 Å². The third kappa shape index (κ3) is 4.63. The van der Waals surface area contributed by atoms with Crippen LogP contribution in [0.5, 0.6) is 0 Å². The van der Waals surface area contributed by atoms with Gasteiger partial charge in [0, 0.05) is 10.5 Å². The van der Waals surface area contributed by atoms with Gasteiger partial charge in [-0.05, 0) is 37.6 Å². The number of aliphatic carboxylic acids is 1. The molecule has 0 aliphatic rings. The first kappa shape index (κ1) is 15.6. The Bertz CT molecular complexity index is 491. The summed E-state index contributed by atoms with van der Waals surface area (Å²) in [7, 11) is 0. The average molecular weight is 332 g/mol. The van der Waals surface area contributed by atoms with Gasteiger partial charge in [0.15, 0.2) is 0 Å². The molecule has 1 aromatic carbocycles. The van der Waals surface area contributed by atoms with E-state index in [9.17, 15) is 14.0 Å². The smallest absolute Gasteiger partial charge is 0.323 e. The van der Waals surface area contributed by atoms with Crippen molar-refractivity contribution in [1.82, 2.24) is 4.90 Å². The van der Waals surface area contributed by atoms with E-state index in [0.29, 0.717) is 10.0 Å². The first-order valence-electron chi connectivity index (χ1n) is 5.76. The minimum atomic E-state index is -1.07. The molecule has 0 saturated carbocycles. The number of carboxylic acids is 1. The number of nitrogens with zero attached hydrogens (tertiary/aromatic N) is 1. The number of rotatable bonds is 5. The summed E-state index contributed by atoms with van der Waals surface area (Å²) in [6.07, 6.45) is -0.0379. The van der Waals surface area contributed by atoms with Crippen molar-refractivity contribution in [2.45, 2.75) is 26.3 Å². The highest BCUT2D eigenvalue weighted by atomic mass is 79.9. The minimum absolute atomic E-state index is 0.0379. The van der Waals surface area contributed by atoms with Crippen LogP contribution >= 0.6 is 15.9 Å². The van der Waals surface area contributed by atoms with Crippen LogP contribution in [0, 0.1) is 5.82 Å². The number of amides is 1. The first-order chi connectivity index (χ1) is 8.81. The molecule has 0 fully saturated rings. The Morgan fingerprint density at radius 2 is 2.05 bits per heavy atom. The molecular weight excluding hydrogens is 317 g/mol. The van der Waals surface area contributed by atoms with Gasteiger partial charge in [-0.2, -0.15) is 0 Å². The molecule has 0 aromatic heterocycles. The van der Waals surface area contributed by atoms with Crippen LogP contribution in [0.2, 0.25) is 0 Å². The molecule has 1 N–H and O–H groups in total. The van der Waals surface area contributed by atoms with Gasteiger partial charge in [-0.3, -0.25) is 9.59 Å². The molecule has 0 unspecified atom stereocenters. The second kappa shape index (κ2) is 6.65. The van der Waals surface area contributed by atoms with E-state index in [2.05, 4.69) is 15.9 Å². The van der Waals surface area contributed by atoms with Gasteiger partial charge in [0.25, 0.3) is 0 Å². The zero-order chi connectivity index (χ0) is 14.6. The maximum atomic E-state index is 13.1. The molecule has 0 bridgehead atoms. The van der Waals surface area contributed by atoms with Crippen LogP contribution in [0.25, 0.3) is 0 Å². The molecule has 0 aliphatic heterocycles. The van der Waals surface area contributed by atoms with E-state index in [-0.39, 0.29) is 24.9 Å². The molecule has 1 aromatic rings. The molecule has 1 amide bonds. The minimum Gasteiger partial charge on any atom is -0.480 e. The van der Waals surface area contributed by atoms with Crippen molar-refractivity contribution in [1.29, 1.82) is 0 Å². The number of halogens is 2. The maximum absolute atomic E-state index is 13.1. The number of carbonyl (C=O) groups excluding carboxylic acids is 1. The van der Waals surface area contributed by atoms with Crippen LogP contribution in [-0.2, 0) is 16.0 Å². The molecule has 1 rings (SSSR count). The van der Waals surface area contributed by atoms with Gasteiger partial charge < -0.3 is 10.0 Å². The second-order valence-corrected chi connectivity index (χ2v) is 5.28. The van der Waals surface area contributed by atoms with Crippen molar-refractivity contribution in [2.24, 2.45) is 0 Å². The van der Waals surface area contributed by atoms with E-state index in [1.807, 2.05) is 0 Å². The molecule has 0 radical (unpaired) electrons. The number of carboxylic acid groups (broad SMARTS) is 1. The highest BCUT2D eigenvalue weighted by Crippen LogP contribution is 2.19. The molecule has 6 heteroatoms. The molecule has 0 saturated heterocycles. The summed E-state index contributed by atoms with van der Waals surface area (Å²) in [6, 6.07) is 3.85. The molecule has 0 spiro atoms. The quantitative estimate of drug-likeness (QED) is 0.901. The number of hydrogen-bond donors (Lipinski definition) is 1. The summed E-state index contributed by atoms with van der Waals surface area (Å²) >= 11 is 3.24. The Labute approximate surface area is 119 Å². The predicted molar refractivity (Wildman–Crippen MR) is 72.3 cm³/mol. The summed E-state index contributed by atoms with van der Waals surface area (Å²) in [5.41, 5.74) is 0.501. The lowest BCUT2D eigenvalue weighted by Gasteiger charge is -2.25. The summed E-state index contributed by atoms with van der Waals surface area (Å²) in [6.45, 7) is 3.12. The van der Waals surface area contributed by atoms with Crippen molar-refractivity contribution < 1.29 is 19.1 Å². The lowest BCUT2D eigenvalue weighted by molar-refractivity contribution is -0.145. The van der Waals surface area contributed by atoms with Crippen molar-refractivity contribution >= 4 is 27.8 Å². The average Bonchev–Trinajstić information content (AvgIpc) is 2.30. The third-order valence-electron chi connectivity index (χ3n) is 2.60. The highest BCUT2D eigenvalue weighted by Gasteiger charge is 2.20. The van der Waals surface area contributed by atoms with Crippen LogP contribution in [0.15, 0.2) is 22.7 Å². The fraction of sp³-hybridized carbons (Fsp3) is 0.385. The second-order valence-electron chi connectivity index (χ2n) is 4.42. The van der Waals surface area contributed by atoms with Gasteiger partial charge in [0.05, 0.1) is 6.42 Å². The van der Waals surface area contributed by atoms with Crippen molar-refractivity contribution in [3.63, 3.8) is 0 Å².